The molecule has 2 fully saturated rings. The van der Waals surface area contributed by atoms with Gasteiger partial charge in [-0.3, -0.25) is 19.3 Å². The summed E-state index contributed by atoms with van der Waals surface area (Å²) in [5, 5.41) is 5.88. The zero-order chi connectivity index (χ0) is 27.1. The Kier molecular flexibility index (Phi) is 9.22. The van der Waals surface area contributed by atoms with Crippen LogP contribution in [0.25, 0.3) is 0 Å². The fourth-order valence-corrected chi connectivity index (χ4v) is 4.91. The molecule has 0 spiro atoms. The molecule has 0 radical (unpaired) electrons. The third-order valence-corrected chi connectivity index (χ3v) is 6.89. The van der Waals surface area contributed by atoms with E-state index in [4.69, 9.17) is 5.73 Å². The van der Waals surface area contributed by atoms with Crippen molar-refractivity contribution < 1.29 is 23.2 Å². The van der Waals surface area contributed by atoms with Crippen LogP contribution in [0.1, 0.15) is 54.4 Å². The van der Waals surface area contributed by atoms with Crippen molar-refractivity contribution in [3.8, 4) is 0 Å². The molecule has 0 unspecified atom stereocenters. The zero-order valence-electron chi connectivity index (χ0n) is 21.3. The molecule has 0 saturated carbocycles. The second-order valence-corrected chi connectivity index (χ2v) is 9.64. The van der Waals surface area contributed by atoms with Gasteiger partial charge in [0.2, 0.25) is 11.8 Å². The number of pyridine rings is 1. The minimum Gasteiger partial charge on any atom is -0.369 e. The lowest BCUT2D eigenvalue weighted by Gasteiger charge is -2.24. The van der Waals surface area contributed by atoms with Crippen molar-refractivity contribution in [1.82, 2.24) is 15.2 Å². The number of anilines is 2. The van der Waals surface area contributed by atoms with Crippen molar-refractivity contribution in [2.75, 3.05) is 42.9 Å². The SMILES string of the molecule is NCCCC(=O)N1C(=O)CC[C@@H]1CNC(=O)c1cc(F)c(N2CCCC2)nc1NCCc1cccc(F)c1. The summed E-state index contributed by atoms with van der Waals surface area (Å²) in [6, 6.07) is 6.94. The minimum atomic E-state index is -0.595. The van der Waals surface area contributed by atoms with Crippen molar-refractivity contribution in [2.24, 2.45) is 5.73 Å². The second-order valence-electron chi connectivity index (χ2n) is 9.64. The first-order valence-electron chi connectivity index (χ1n) is 13.1. The molecule has 4 rings (SSSR count). The summed E-state index contributed by atoms with van der Waals surface area (Å²) in [6.45, 7) is 2.11. The van der Waals surface area contributed by atoms with Crippen molar-refractivity contribution in [3.05, 3.63) is 53.1 Å². The topological polar surface area (TPSA) is 121 Å². The van der Waals surface area contributed by atoms with Crippen molar-refractivity contribution >= 4 is 29.4 Å². The average molecular weight is 529 g/mol. The maximum absolute atomic E-state index is 15.1. The molecule has 9 nitrogen and oxygen atoms in total. The number of halogens is 2. The molecule has 1 aromatic heterocycles. The van der Waals surface area contributed by atoms with Gasteiger partial charge in [0, 0.05) is 39.0 Å². The van der Waals surface area contributed by atoms with E-state index in [-0.39, 0.29) is 54.2 Å². The normalized spacial score (nSPS) is 17.2. The van der Waals surface area contributed by atoms with E-state index >= 15 is 4.39 Å². The Morgan fingerprint density at radius 2 is 1.95 bits per heavy atom. The largest absolute Gasteiger partial charge is 0.369 e. The predicted molar refractivity (Wildman–Crippen MR) is 140 cm³/mol. The van der Waals surface area contributed by atoms with Gasteiger partial charge in [-0.1, -0.05) is 12.1 Å². The Labute approximate surface area is 220 Å². The van der Waals surface area contributed by atoms with E-state index in [0.29, 0.717) is 45.4 Å². The van der Waals surface area contributed by atoms with Crippen LogP contribution in [-0.4, -0.2) is 66.4 Å². The summed E-state index contributed by atoms with van der Waals surface area (Å²) in [7, 11) is 0. The summed E-state index contributed by atoms with van der Waals surface area (Å²) in [6.07, 6.45) is 3.65. The van der Waals surface area contributed by atoms with Crippen LogP contribution < -0.4 is 21.3 Å². The van der Waals surface area contributed by atoms with Crippen LogP contribution in [0.4, 0.5) is 20.4 Å². The minimum absolute atomic E-state index is 0.0232. The van der Waals surface area contributed by atoms with E-state index in [1.165, 1.54) is 23.1 Å². The van der Waals surface area contributed by atoms with E-state index in [1.807, 2.05) is 4.90 Å². The molecule has 1 atom stereocenters. The monoisotopic (exact) mass is 528 g/mol. The van der Waals surface area contributed by atoms with Crippen molar-refractivity contribution in [3.63, 3.8) is 0 Å². The Bertz CT molecular complexity index is 1170. The summed E-state index contributed by atoms with van der Waals surface area (Å²) in [4.78, 5) is 45.5. The number of nitrogens with zero attached hydrogens (tertiary/aromatic N) is 3. The standard InChI is InChI=1S/C27H34F2N6O3/c28-19-6-3-5-18(15-19)10-12-31-25-21(16-22(29)26(33-25)34-13-1-2-14-34)27(38)32-17-20-8-9-24(37)35(20)23(36)7-4-11-30/h3,5-6,15-16,20H,1-2,4,7-14,17,30H2,(H,31,33)(H,32,38)/t20-/m1/s1. The molecule has 11 heteroatoms. The molecule has 3 amide bonds. The van der Waals surface area contributed by atoms with Crippen molar-refractivity contribution in [2.45, 2.75) is 51.0 Å². The van der Waals surface area contributed by atoms with Gasteiger partial charge < -0.3 is 21.3 Å². The number of nitrogens with two attached hydrogens (primary N) is 1. The number of hydrogen-bond acceptors (Lipinski definition) is 7. The van der Waals surface area contributed by atoms with E-state index in [0.717, 1.165) is 18.4 Å². The predicted octanol–water partition coefficient (Wildman–Crippen LogP) is 2.60. The molecule has 204 valence electrons. The van der Waals surface area contributed by atoms with Crippen molar-refractivity contribution in [1.29, 1.82) is 0 Å². The van der Waals surface area contributed by atoms with Crippen LogP contribution in [0.15, 0.2) is 30.3 Å². The van der Waals surface area contributed by atoms with Gasteiger partial charge in [0.15, 0.2) is 11.6 Å². The van der Waals surface area contributed by atoms with E-state index < -0.39 is 17.8 Å². The lowest BCUT2D eigenvalue weighted by Crippen LogP contribution is -2.45. The van der Waals surface area contributed by atoms with Gasteiger partial charge in [0.25, 0.3) is 5.91 Å². The number of nitrogens with one attached hydrogen (secondary N) is 2. The van der Waals surface area contributed by atoms with E-state index in [2.05, 4.69) is 15.6 Å². The lowest BCUT2D eigenvalue weighted by molar-refractivity contribution is -0.143. The molecular formula is C27H34F2N6O3. The van der Waals surface area contributed by atoms with Gasteiger partial charge >= 0.3 is 0 Å². The number of imide groups is 1. The molecule has 4 N–H and O–H groups in total. The number of aromatic nitrogens is 1. The molecule has 0 aliphatic carbocycles. The number of carbonyl (C=O) groups excluding carboxylic acids is 3. The molecule has 38 heavy (non-hydrogen) atoms. The fourth-order valence-electron chi connectivity index (χ4n) is 4.91. The van der Waals surface area contributed by atoms with Gasteiger partial charge in [0.05, 0.1) is 11.6 Å². The molecule has 3 heterocycles. The molecular weight excluding hydrogens is 494 g/mol. The van der Waals surface area contributed by atoms with Gasteiger partial charge in [-0.25, -0.2) is 13.8 Å². The van der Waals surface area contributed by atoms with Gasteiger partial charge in [0.1, 0.15) is 11.6 Å². The van der Waals surface area contributed by atoms with Gasteiger partial charge in [-0.2, -0.15) is 0 Å². The summed E-state index contributed by atoms with van der Waals surface area (Å²) in [5.74, 6) is -1.66. The molecule has 2 aliphatic rings. The quantitative estimate of drug-likeness (QED) is 0.410. The van der Waals surface area contributed by atoms with Crippen LogP contribution in [-0.2, 0) is 16.0 Å². The molecule has 2 saturated heterocycles. The molecule has 1 aromatic carbocycles. The number of likely N-dealkylation sites (tertiary alicyclic amines) is 1. The highest BCUT2D eigenvalue weighted by molar-refractivity contribution is 6.00. The van der Waals surface area contributed by atoms with E-state index in [1.54, 1.807) is 12.1 Å². The smallest absolute Gasteiger partial charge is 0.255 e. The van der Waals surface area contributed by atoms with Crippen LogP contribution in [0.2, 0.25) is 0 Å². The maximum Gasteiger partial charge on any atom is 0.255 e. The zero-order valence-corrected chi connectivity index (χ0v) is 21.3. The Morgan fingerprint density at radius 1 is 1.16 bits per heavy atom. The number of rotatable bonds is 11. The van der Waals surface area contributed by atoms with Gasteiger partial charge in [-0.15, -0.1) is 0 Å². The average Bonchev–Trinajstić information content (AvgIpc) is 3.56. The van der Waals surface area contributed by atoms with Crippen LogP contribution in [0.3, 0.4) is 0 Å². The summed E-state index contributed by atoms with van der Waals surface area (Å²) >= 11 is 0. The Morgan fingerprint density at radius 3 is 2.68 bits per heavy atom. The third-order valence-electron chi connectivity index (χ3n) is 6.89. The number of carbonyl (C=O) groups is 3. The number of benzene rings is 1. The third kappa shape index (κ3) is 6.63. The van der Waals surface area contributed by atoms with Crippen LogP contribution in [0, 0.1) is 11.6 Å². The first-order valence-corrected chi connectivity index (χ1v) is 13.1. The molecule has 2 aromatic rings. The first kappa shape index (κ1) is 27.4. The summed E-state index contributed by atoms with van der Waals surface area (Å²) in [5.41, 5.74) is 6.28. The maximum atomic E-state index is 15.1. The Balaban J connectivity index is 1.48. The second kappa shape index (κ2) is 12.8. The molecule has 0 bridgehead atoms. The number of amides is 3. The van der Waals surface area contributed by atoms with Gasteiger partial charge in [-0.05, 0) is 62.4 Å². The molecule has 2 aliphatic heterocycles. The fraction of sp³-hybridized carbons (Fsp3) is 0.481. The summed E-state index contributed by atoms with van der Waals surface area (Å²) < 4.78 is 28.6. The highest BCUT2D eigenvalue weighted by atomic mass is 19.1. The highest BCUT2D eigenvalue weighted by Gasteiger charge is 2.35. The number of hydrogen-bond donors (Lipinski definition) is 3. The van der Waals surface area contributed by atoms with Crippen LogP contribution in [0.5, 0.6) is 0 Å². The Hall–Kier alpha value is -3.60. The highest BCUT2D eigenvalue weighted by Crippen LogP contribution is 2.27. The lowest BCUT2D eigenvalue weighted by atomic mass is 10.1. The first-order chi connectivity index (χ1) is 18.4. The van der Waals surface area contributed by atoms with Crippen LogP contribution >= 0.6 is 0 Å². The van der Waals surface area contributed by atoms with E-state index in [9.17, 15) is 18.8 Å².